The lowest BCUT2D eigenvalue weighted by Gasteiger charge is -2.12. The Labute approximate surface area is 99.3 Å². The van der Waals surface area contributed by atoms with Gasteiger partial charge in [0.2, 0.25) is 0 Å². The molecule has 2 rings (SSSR count). The molecule has 1 aromatic heterocycles. The van der Waals surface area contributed by atoms with Gasteiger partial charge < -0.3 is 5.11 Å². The van der Waals surface area contributed by atoms with Crippen molar-refractivity contribution in [3.63, 3.8) is 0 Å². The molecule has 0 radical (unpaired) electrons. The summed E-state index contributed by atoms with van der Waals surface area (Å²) in [5.74, 6) is 0. The summed E-state index contributed by atoms with van der Waals surface area (Å²) in [4.78, 5) is 0. The minimum atomic E-state index is -0.674. The van der Waals surface area contributed by atoms with Gasteiger partial charge in [-0.1, -0.05) is 23.7 Å². The molecule has 0 amide bonds. The second-order valence-electron chi connectivity index (χ2n) is 3.80. The number of benzene rings is 1. The van der Waals surface area contributed by atoms with Crippen molar-refractivity contribution in [2.75, 3.05) is 0 Å². The number of aryl methyl sites for hydroxylation is 1. The number of aliphatic hydroxyl groups excluding tert-OH is 1. The van der Waals surface area contributed by atoms with Crippen LogP contribution in [-0.2, 0) is 7.05 Å². The SMILES string of the molecule is Cc1c(Cl)cccc1C(O)c1cnn(C)c1. The van der Waals surface area contributed by atoms with Crippen LogP contribution in [-0.4, -0.2) is 14.9 Å². The summed E-state index contributed by atoms with van der Waals surface area (Å²) < 4.78 is 1.67. The maximum atomic E-state index is 10.2. The van der Waals surface area contributed by atoms with Crippen molar-refractivity contribution in [1.82, 2.24) is 9.78 Å². The molecule has 0 aliphatic heterocycles. The summed E-state index contributed by atoms with van der Waals surface area (Å²) in [6.45, 7) is 1.90. The minimum absolute atomic E-state index is 0.667. The zero-order valence-corrected chi connectivity index (χ0v) is 9.94. The Kier molecular flexibility index (Phi) is 2.99. The van der Waals surface area contributed by atoms with Crippen LogP contribution in [0.2, 0.25) is 5.02 Å². The summed E-state index contributed by atoms with van der Waals surface area (Å²) in [7, 11) is 1.82. The number of hydrogen-bond acceptors (Lipinski definition) is 2. The Morgan fingerprint density at radius 2 is 2.19 bits per heavy atom. The lowest BCUT2D eigenvalue weighted by Crippen LogP contribution is -2.01. The zero-order valence-electron chi connectivity index (χ0n) is 9.18. The van der Waals surface area contributed by atoms with Crippen LogP contribution in [0.5, 0.6) is 0 Å². The van der Waals surface area contributed by atoms with E-state index in [1.54, 1.807) is 17.1 Å². The smallest absolute Gasteiger partial charge is 0.107 e. The number of nitrogens with zero attached hydrogens (tertiary/aromatic N) is 2. The molecular weight excluding hydrogens is 224 g/mol. The molecule has 1 N–H and O–H groups in total. The predicted octanol–water partition coefficient (Wildman–Crippen LogP) is 2.46. The molecule has 1 heterocycles. The van der Waals surface area contributed by atoms with E-state index in [9.17, 15) is 5.11 Å². The van der Waals surface area contributed by atoms with E-state index in [1.807, 2.05) is 32.2 Å². The topological polar surface area (TPSA) is 38.1 Å². The highest BCUT2D eigenvalue weighted by Crippen LogP contribution is 2.28. The van der Waals surface area contributed by atoms with Crippen LogP contribution >= 0.6 is 11.6 Å². The van der Waals surface area contributed by atoms with Gasteiger partial charge in [0.15, 0.2) is 0 Å². The Bertz CT molecular complexity index is 507. The first-order valence-electron chi connectivity index (χ1n) is 5.01. The van der Waals surface area contributed by atoms with E-state index in [1.165, 1.54) is 0 Å². The Morgan fingerprint density at radius 1 is 1.44 bits per heavy atom. The van der Waals surface area contributed by atoms with Gasteiger partial charge in [0, 0.05) is 23.8 Å². The lowest BCUT2D eigenvalue weighted by atomic mass is 10.00. The van der Waals surface area contributed by atoms with Crippen molar-refractivity contribution in [1.29, 1.82) is 0 Å². The second kappa shape index (κ2) is 4.28. The van der Waals surface area contributed by atoms with Gasteiger partial charge in [-0.05, 0) is 24.1 Å². The van der Waals surface area contributed by atoms with Crippen LogP contribution in [0.3, 0.4) is 0 Å². The van der Waals surface area contributed by atoms with E-state index in [-0.39, 0.29) is 0 Å². The molecule has 0 aliphatic carbocycles. The van der Waals surface area contributed by atoms with Crippen molar-refractivity contribution in [3.05, 3.63) is 52.3 Å². The zero-order chi connectivity index (χ0) is 11.7. The lowest BCUT2D eigenvalue weighted by molar-refractivity contribution is 0.219. The molecule has 3 nitrogen and oxygen atoms in total. The summed E-state index contributed by atoms with van der Waals surface area (Å²) in [5, 5.41) is 14.9. The van der Waals surface area contributed by atoms with Gasteiger partial charge in [0.25, 0.3) is 0 Å². The monoisotopic (exact) mass is 236 g/mol. The predicted molar refractivity (Wildman–Crippen MR) is 63.5 cm³/mol. The summed E-state index contributed by atoms with van der Waals surface area (Å²) in [6, 6.07) is 5.53. The van der Waals surface area contributed by atoms with Gasteiger partial charge in [-0.2, -0.15) is 5.10 Å². The van der Waals surface area contributed by atoms with Crippen molar-refractivity contribution in [2.24, 2.45) is 7.05 Å². The second-order valence-corrected chi connectivity index (χ2v) is 4.21. The first kappa shape index (κ1) is 11.2. The normalized spacial score (nSPS) is 12.8. The fourth-order valence-electron chi connectivity index (χ4n) is 1.68. The van der Waals surface area contributed by atoms with E-state index >= 15 is 0 Å². The van der Waals surface area contributed by atoms with Gasteiger partial charge in [0.05, 0.1) is 6.20 Å². The molecule has 2 aromatic rings. The molecule has 1 atom stereocenters. The number of hydrogen-bond donors (Lipinski definition) is 1. The average Bonchev–Trinajstić information content (AvgIpc) is 2.68. The summed E-state index contributed by atoms with van der Waals surface area (Å²) in [5.41, 5.74) is 2.49. The van der Waals surface area contributed by atoms with E-state index in [0.717, 1.165) is 16.7 Å². The van der Waals surface area contributed by atoms with Crippen LogP contribution in [0.15, 0.2) is 30.6 Å². The first-order chi connectivity index (χ1) is 7.59. The molecular formula is C12H13ClN2O. The van der Waals surface area contributed by atoms with Gasteiger partial charge in [-0.25, -0.2) is 0 Å². The molecule has 4 heteroatoms. The van der Waals surface area contributed by atoms with Crippen molar-refractivity contribution in [2.45, 2.75) is 13.0 Å². The minimum Gasteiger partial charge on any atom is -0.384 e. The highest BCUT2D eigenvalue weighted by atomic mass is 35.5. The molecule has 16 heavy (non-hydrogen) atoms. The third-order valence-corrected chi connectivity index (χ3v) is 3.05. The van der Waals surface area contributed by atoms with Crippen molar-refractivity contribution in [3.8, 4) is 0 Å². The highest BCUT2D eigenvalue weighted by Gasteiger charge is 2.15. The van der Waals surface area contributed by atoms with E-state index < -0.39 is 6.10 Å². The van der Waals surface area contributed by atoms with Crippen LogP contribution in [0, 0.1) is 6.92 Å². The molecule has 0 saturated carbocycles. The van der Waals surface area contributed by atoms with Crippen LogP contribution in [0.25, 0.3) is 0 Å². The van der Waals surface area contributed by atoms with E-state index in [0.29, 0.717) is 5.02 Å². The third-order valence-electron chi connectivity index (χ3n) is 2.64. The van der Waals surface area contributed by atoms with Gasteiger partial charge in [-0.3, -0.25) is 4.68 Å². The highest BCUT2D eigenvalue weighted by molar-refractivity contribution is 6.31. The third kappa shape index (κ3) is 1.96. The maximum Gasteiger partial charge on any atom is 0.107 e. The molecule has 0 aliphatic rings. The molecule has 84 valence electrons. The summed E-state index contributed by atoms with van der Waals surface area (Å²) in [6.07, 6.45) is 2.78. The van der Waals surface area contributed by atoms with Crippen LogP contribution in [0.1, 0.15) is 22.8 Å². The van der Waals surface area contributed by atoms with E-state index in [2.05, 4.69) is 5.10 Å². The number of rotatable bonds is 2. The molecule has 0 spiro atoms. The number of aliphatic hydroxyl groups is 1. The van der Waals surface area contributed by atoms with Gasteiger partial charge >= 0.3 is 0 Å². The number of aromatic nitrogens is 2. The van der Waals surface area contributed by atoms with Crippen LogP contribution in [0.4, 0.5) is 0 Å². The van der Waals surface area contributed by atoms with Gasteiger partial charge in [-0.15, -0.1) is 0 Å². The standard InChI is InChI=1S/C12H13ClN2O/c1-8-10(4-3-5-11(8)13)12(16)9-6-14-15(2)7-9/h3-7,12,16H,1-2H3. The largest absolute Gasteiger partial charge is 0.384 e. The van der Waals surface area contributed by atoms with E-state index in [4.69, 9.17) is 11.6 Å². The van der Waals surface area contributed by atoms with Gasteiger partial charge in [0.1, 0.15) is 6.10 Å². The molecule has 0 bridgehead atoms. The summed E-state index contributed by atoms with van der Waals surface area (Å²) >= 11 is 6.02. The van der Waals surface area contributed by atoms with Crippen molar-refractivity contribution >= 4 is 11.6 Å². The average molecular weight is 237 g/mol. The molecule has 0 fully saturated rings. The fraction of sp³-hybridized carbons (Fsp3) is 0.250. The molecule has 1 aromatic carbocycles. The molecule has 0 saturated heterocycles. The van der Waals surface area contributed by atoms with Crippen molar-refractivity contribution < 1.29 is 5.11 Å². The quantitative estimate of drug-likeness (QED) is 0.870. The first-order valence-corrected chi connectivity index (χ1v) is 5.39. The fourth-order valence-corrected chi connectivity index (χ4v) is 1.86. The Morgan fingerprint density at radius 3 is 2.81 bits per heavy atom. The maximum absolute atomic E-state index is 10.2. The van der Waals surface area contributed by atoms with Crippen LogP contribution < -0.4 is 0 Å². The molecule has 1 unspecified atom stereocenters. The Balaban J connectivity index is 2.41. The number of halogens is 1. The Hall–Kier alpha value is -1.32.